The Morgan fingerprint density at radius 2 is 2.17 bits per heavy atom. The van der Waals surface area contributed by atoms with Crippen molar-refractivity contribution in [2.75, 3.05) is 23.0 Å². The number of rotatable bonds is 4. The van der Waals surface area contributed by atoms with E-state index in [1.807, 2.05) is 6.07 Å². The highest BCUT2D eigenvalue weighted by Gasteiger charge is 2.16. The second-order valence-electron chi connectivity index (χ2n) is 4.84. The van der Waals surface area contributed by atoms with E-state index >= 15 is 0 Å². The molecule has 23 heavy (non-hydrogen) atoms. The van der Waals surface area contributed by atoms with Crippen molar-refractivity contribution in [3.8, 4) is 5.75 Å². The molecule has 1 aliphatic heterocycles. The maximum absolute atomic E-state index is 13.0. The third-order valence-corrected chi connectivity index (χ3v) is 4.14. The van der Waals surface area contributed by atoms with Crippen LogP contribution in [0.5, 0.6) is 5.75 Å². The summed E-state index contributed by atoms with van der Waals surface area (Å²) < 4.78 is 18.2. The van der Waals surface area contributed by atoms with E-state index in [-0.39, 0.29) is 24.2 Å². The molecule has 0 saturated carbocycles. The molecule has 3 rings (SSSR count). The minimum atomic E-state index is -0.425. The van der Waals surface area contributed by atoms with Crippen molar-refractivity contribution in [1.82, 2.24) is 0 Å². The van der Waals surface area contributed by atoms with Crippen LogP contribution in [0.15, 0.2) is 47.4 Å². The minimum absolute atomic E-state index is 0.0691. The molecule has 0 unspecified atom stereocenters. The number of nitrogens with one attached hydrogen (secondary N) is 2. The van der Waals surface area contributed by atoms with Crippen LogP contribution in [0.3, 0.4) is 0 Å². The fraction of sp³-hybridized carbons (Fsp3) is 0.125. The number of benzene rings is 2. The van der Waals surface area contributed by atoms with Crippen molar-refractivity contribution in [3.63, 3.8) is 0 Å². The Balaban J connectivity index is 1.59. The molecule has 118 valence electrons. The van der Waals surface area contributed by atoms with Crippen molar-refractivity contribution >= 4 is 35.0 Å². The summed E-state index contributed by atoms with van der Waals surface area (Å²) in [5.41, 5.74) is 1.23. The molecule has 0 aliphatic carbocycles. The molecule has 1 aliphatic rings. The van der Waals surface area contributed by atoms with Crippen LogP contribution in [0, 0.1) is 5.82 Å². The number of ether oxygens (including phenoxy) is 1. The van der Waals surface area contributed by atoms with Gasteiger partial charge in [-0.1, -0.05) is 6.07 Å². The van der Waals surface area contributed by atoms with E-state index in [2.05, 4.69) is 10.6 Å². The maximum atomic E-state index is 13.0. The predicted molar refractivity (Wildman–Crippen MR) is 86.3 cm³/mol. The first-order valence-corrected chi connectivity index (χ1v) is 7.83. The van der Waals surface area contributed by atoms with Gasteiger partial charge in [0.2, 0.25) is 5.91 Å². The van der Waals surface area contributed by atoms with E-state index in [9.17, 15) is 14.0 Å². The highest BCUT2D eigenvalue weighted by Crippen LogP contribution is 2.33. The monoisotopic (exact) mass is 332 g/mol. The summed E-state index contributed by atoms with van der Waals surface area (Å²) in [5, 5.41) is 5.43. The number of fused-ring (bicyclic) bond motifs is 1. The van der Waals surface area contributed by atoms with Crippen molar-refractivity contribution in [2.45, 2.75) is 4.90 Å². The Morgan fingerprint density at radius 1 is 1.30 bits per heavy atom. The van der Waals surface area contributed by atoms with E-state index in [1.54, 1.807) is 18.2 Å². The highest BCUT2D eigenvalue weighted by molar-refractivity contribution is 8.00. The highest BCUT2D eigenvalue weighted by atomic mass is 32.2. The van der Waals surface area contributed by atoms with Gasteiger partial charge in [0.15, 0.2) is 6.61 Å². The van der Waals surface area contributed by atoms with E-state index in [4.69, 9.17) is 4.74 Å². The number of carbonyl (C=O) groups excluding carboxylic acids is 2. The summed E-state index contributed by atoms with van der Waals surface area (Å²) >= 11 is 1.45. The molecule has 1 heterocycles. The summed E-state index contributed by atoms with van der Waals surface area (Å²) in [6.07, 6.45) is 0. The van der Waals surface area contributed by atoms with Gasteiger partial charge >= 0.3 is 0 Å². The van der Waals surface area contributed by atoms with Gasteiger partial charge in [-0.25, -0.2) is 4.39 Å². The first kappa shape index (κ1) is 15.4. The average Bonchev–Trinajstić information content (AvgIpc) is 2.53. The summed E-state index contributed by atoms with van der Waals surface area (Å²) in [6, 6.07) is 10.9. The number of halogens is 1. The summed E-state index contributed by atoms with van der Waals surface area (Å²) in [6.45, 7) is -0.234. The molecule has 2 aromatic carbocycles. The van der Waals surface area contributed by atoms with Gasteiger partial charge in [0.1, 0.15) is 11.6 Å². The molecule has 0 radical (unpaired) electrons. The van der Waals surface area contributed by atoms with Gasteiger partial charge in [-0.2, -0.15) is 0 Å². The molecule has 2 amide bonds. The lowest BCUT2D eigenvalue weighted by atomic mass is 10.2. The van der Waals surface area contributed by atoms with Gasteiger partial charge in [-0.05, 0) is 30.3 Å². The number of hydrogen-bond acceptors (Lipinski definition) is 4. The van der Waals surface area contributed by atoms with E-state index in [0.717, 1.165) is 4.90 Å². The lowest BCUT2D eigenvalue weighted by molar-refractivity contribution is -0.118. The molecule has 5 nitrogen and oxygen atoms in total. The second-order valence-corrected chi connectivity index (χ2v) is 5.86. The van der Waals surface area contributed by atoms with E-state index < -0.39 is 5.82 Å². The quantitative estimate of drug-likeness (QED) is 0.903. The number of thioether (sulfide) groups is 1. The van der Waals surface area contributed by atoms with Crippen LogP contribution in [0.4, 0.5) is 15.8 Å². The lowest BCUT2D eigenvalue weighted by Gasteiger charge is -2.17. The van der Waals surface area contributed by atoms with Crippen LogP contribution in [-0.2, 0) is 9.59 Å². The van der Waals surface area contributed by atoms with Crippen LogP contribution in [-0.4, -0.2) is 24.2 Å². The molecule has 0 aromatic heterocycles. The van der Waals surface area contributed by atoms with E-state index in [1.165, 1.54) is 30.0 Å². The molecule has 0 atom stereocenters. The smallest absolute Gasteiger partial charge is 0.262 e. The summed E-state index contributed by atoms with van der Waals surface area (Å²) in [4.78, 5) is 24.2. The molecule has 0 fully saturated rings. The summed E-state index contributed by atoms with van der Waals surface area (Å²) in [5.74, 6) is -0.190. The van der Waals surface area contributed by atoms with Crippen molar-refractivity contribution in [2.24, 2.45) is 0 Å². The number of carbonyl (C=O) groups is 2. The standard InChI is InChI=1S/C16H13FN2O3S/c17-10-2-1-3-12(6-10)22-8-15(20)18-11-4-5-14-13(7-11)19-16(21)9-23-14/h1-7H,8-9H2,(H,18,20)(H,19,21). The largest absolute Gasteiger partial charge is 0.484 e. The van der Waals surface area contributed by atoms with Gasteiger partial charge in [0.05, 0.1) is 11.4 Å². The van der Waals surface area contributed by atoms with Gasteiger partial charge in [-0.15, -0.1) is 11.8 Å². The molecule has 2 aromatic rings. The molecule has 2 N–H and O–H groups in total. The third-order valence-electron chi connectivity index (χ3n) is 3.06. The first-order valence-electron chi connectivity index (χ1n) is 6.85. The van der Waals surface area contributed by atoms with Crippen LogP contribution < -0.4 is 15.4 Å². The van der Waals surface area contributed by atoms with Gasteiger partial charge < -0.3 is 15.4 Å². The number of hydrogen-bond donors (Lipinski definition) is 2. The van der Waals surface area contributed by atoms with Crippen molar-refractivity contribution in [1.29, 1.82) is 0 Å². The van der Waals surface area contributed by atoms with Crippen LogP contribution in [0.25, 0.3) is 0 Å². The molecule has 7 heteroatoms. The zero-order valence-corrected chi connectivity index (χ0v) is 12.8. The predicted octanol–water partition coefficient (Wildman–Crippen LogP) is 2.89. The number of anilines is 2. The minimum Gasteiger partial charge on any atom is -0.484 e. The third kappa shape index (κ3) is 4.01. The molecule has 0 bridgehead atoms. The molecular weight excluding hydrogens is 319 g/mol. The van der Waals surface area contributed by atoms with Gasteiger partial charge in [-0.3, -0.25) is 9.59 Å². The zero-order valence-electron chi connectivity index (χ0n) is 12.0. The van der Waals surface area contributed by atoms with Crippen LogP contribution >= 0.6 is 11.8 Å². The molecule has 0 spiro atoms. The molecule has 0 saturated heterocycles. The Kier molecular flexibility index (Phi) is 4.47. The Morgan fingerprint density at radius 3 is 3.00 bits per heavy atom. The normalized spacial score (nSPS) is 13.0. The molecular formula is C16H13FN2O3S. The topological polar surface area (TPSA) is 67.4 Å². The van der Waals surface area contributed by atoms with Crippen LogP contribution in [0.2, 0.25) is 0 Å². The Labute approximate surface area is 136 Å². The van der Waals surface area contributed by atoms with E-state index in [0.29, 0.717) is 17.1 Å². The number of amides is 2. The average molecular weight is 332 g/mol. The van der Waals surface area contributed by atoms with Gasteiger partial charge in [0.25, 0.3) is 5.91 Å². The first-order chi connectivity index (χ1) is 11.1. The Bertz CT molecular complexity index is 767. The second kappa shape index (κ2) is 6.70. The summed E-state index contributed by atoms with van der Waals surface area (Å²) in [7, 11) is 0. The van der Waals surface area contributed by atoms with Crippen molar-refractivity contribution in [3.05, 3.63) is 48.3 Å². The zero-order chi connectivity index (χ0) is 16.2. The lowest BCUT2D eigenvalue weighted by Crippen LogP contribution is -2.21. The maximum Gasteiger partial charge on any atom is 0.262 e. The Hall–Kier alpha value is -2.54. The fourth-order valence-electron chi connectivity index (χ4n) is 2.06. The SMILES string of the molecule is O=C(COc1cccc(F)c1)Nc1ccc2c(c1)NC(=O)CS2. The van der Waals surface area contributed by atoms with Crippen molar-refractivity contribution < 1.29 is 18.7 Å². The van der Waals surface area contributed by atoms with Gasteiger partial charge in [0, 0.05) is 16.6 Å². The van der Waals surface area contributed by atoms with Crippen LogP contribution in [0.1, 0.15) is 0 Å². The fourth-order valence-corrected chi connectivity index (χ4v) is 2.85.